The van der Waals surface area contributed by atoms with Crippen LogP contribution in [0.25, 0.3) is 0 Å². The van der Waals surface area contributed by atoms with Crippen LogP contribution in [0.2, 0.25) is 0 Å². The van der Waals surface area contributed by atoms with Crippen molar-refractivity contribution in [2.75, 3.05) is 0 Å². The third-order valence-electron chi connectivity index (χ3n) is 11.1. The molecular weight excluding hydrogens is 450 g/mol. The number of amides is 2. The maximum Gasteiger partial charge on any atom is 0.292 e. The summed E-state index contributed by atoms with van der Waals surface area (Å²) < 4.78 is 0. The Morgan fingerprint density at radius 2 is 0.833 bits per heavy atom. The minimum absolute atomic E-state index is 0.0646. The second-order valence-corrected chi connectivity index (χ2v) is 12.6. The van der Waals surface area contributed by atoms with Gasteiger partial charge in [-0.25, -0.2) is 9.97 Å². The number of hydrogen-bond acceptors (Lipinski definition) is 5. The van der Waals surface area contributed by atoms with Crippen molar-refractivity contribution in [3.8, 4) is 0 Å². The molecule has 0 spiro atoms. The van der Waals surface area contributed by atoms with Gasteiger partial charge in [-0.05, 0) is 75.0 Å². The summed E-state index contributed by atoms with van der Waals surface area (Å²) >= 11 is 0. The lowest BCUT2D eigenvalue weighted by Gasteiger charge is -2.34. The highest BCUT2D eigenvalue weighted by atomic mass is 16.2. The minimum Gasteiger partial charge on any atom is -0.329 e. The summed E-state index contributed by atoms with van der Waals surface area (Å²) in [7, 11) is 0. The van der Waals surface area contributed by atoms with Gasteiger partial charge >= 0.3 is 0 Å². The Balaban J connectivity index is 1.17. The lowest BCUT2D eigenvalue weighted by molar-refractivity contribution is 0.0570. The summed E-state index contributed by atoms with van der Waals surface area (Å²) in [5.41, 5.74) is 0. The van der Waals surface area contributed by atoms with Crippen LogP contribution in [0.15, 0.2) is 6.33 Å². The SMILES string of the molecule is O=C(c1ncnc(C(=O)N2C3CCCCC3C3CCCCC32)n1)N1C2CCCCC2C2CCCCC21. The van der Waals surface area contributed by atoms with E-state index in [2.05, 4.69) is 24.8 Å². The molecule has 36 heavy (non-hydrogen) atoms. The fraction of sp³-hybridized carbons (Fsp3) is 0.828. The Hall–Kier alpha value is -2.05. The highest BCUT2D eigenvalue weighted by Gasteiger charge is 2.53. The van der Waals surface area contributed by atoms with E-state index in [1.807, 2.05) is 0 Å². The van der Waals surface area contributed by atoms with Crippen molar-refractivity contribution in [2.24, 2.45) is 23.7 Å². The molecule has 7 heteroatoms. The van der Waals surface area contributed by atoms with Gasteiger partial charge in [-0.2, -0.15) is 4.98 Å². The summed E-state index contributed by atoms with van der Waals surface area (Å²) in [5.74, 6) is 2.76. The van der Waals surface area contributed by atoms with Crippen LogP contribution < -0.4 is 0 Å². The summed E-state index contributed by atoms with van der Waals surface area (Å²) in [6.45, 7) is 0. The predicted octanol–water partition coefficient (Wildman–Crippen LogP) is 5.02. The molecule has 6 fully saturated rings. The highest BCUT2D eigenvalue weighted by Crippen LogP contribution is 2.50. The van der Waals surface area contributed by atoms with Crippen LogP contribution >= 0.6 is 0 Å². The molecule has 194 valence electrons. The zero-order chi connectivity index (χ0) is 24.2. The zero-order valence-electron chi connectivity index (χ0n) is 21.6. The van der Waals surface area contributed by atoms with E-state index < -0.39 is 0 Å². The third-order valence-corrected chi connectivity index (χ3v) is 11.1. The largest absolute Gasteiger partial charge is 0.329 e. The molecule has 7 nitrogen and oxygen atoms in total. The first-order valence-corrected chi connectivity index (χ1v) is 15.1. The quantitative estimate of drug-likeness (QED) is 0.580. The van der Waals surface area contributed by atoms with E-state index in [9.17, 15) is 9.59 Å². The third kappa shape index (κ3) is 3.62. The number of likely N-dealkylation sites (tertiary alicyclic amines) is 2. The zero-order valence-corrected chi connectivity index (χ0v) is 21.6. The Labute approximate surface area is 214 Å². The molecule has 8 unspecified atom stereocenters. The van der Waals surface area contributed by atoms with Crippen molar-refractivity contribution in [3.63, 3.8) is 0 Å². The van der Waals surface area contributed by atoms with Gasteiger partial charge in [-0.3, -0.25) is 9.59 Å². The molecule has 4 saturated carbocycles. The molecule has 3 heterocycles. The van der Waals surface area contributed by atoms with Crippen molar-refractivity contribution in [3.05, 3.63) is 18.0 Å². The molecule has 0 aromatic carbocycles. The standard InChI is InChI=1S/C29H41N5O2/c35-28(33-22-13-5-1-9-18(22)19-10-2-6-14-23(19)33)26-30-17-31-27(32-26)29(36)34-24-15-7-3-11-20(24)21-12-4-8-16-25(21)34/h17-25H,1-16H2. The van der Waals surface area contributed by atoms with E-state index in [1.54, 1.807) is 0 Å². The van der Waals surface area contributed by atoms with Crippen LogP contribution in [-0.2, 0) is 0 Å². The van der Waals surface area contributed by atoms with Crippen LogP contribution in [0.3, 0.4) is 0 Å². The lowest BCUT2D eigenvalue weighted by Crippen LogP contribution is -2.46. The molecular formula is C29H41N5O2. The van der Waals surface area contributed by atoms with Crippen LogP contribution in [0, 0.1) is 23.7 Å². The maximum atomic E-state index is 14.0. The van der Waals surface area contributed by atoms with E-state index in [0.717, 1.165) is 25.7 Å². The highest BCUT2D eigenvalue weighted by molar-refractivity contribution is 5.94. The van der Waals surface area contributed by atoms with Gasteiger partial charge in [-0.15, -0.1) is 0 Å². The van der Waals surface area contributed by atoms with Gasteiger partial charge < -0.3 is 9.80 Å². The van der Waals surface area contributed by atoms with Crippen molar-refractivity contribution in [1.82, 2.24) is 24.8 Å². The van der Waals surface area contributed by atoms with E-state index in [1.165, 1.54) is 83.4 Å². The Morgan fingerprint density at radius 3 is 1.17 bits per heavy atom. The van der Waals surface area contributed by atoms with Gasteiger partial charge in [0.15, 0.2) is 0 Å². The fourth-order valence-corrected chi connectivity index (χ4v) is 9.77. The number of carbonyl (C=O) groups excluding carboxylic acids is 2. The molecule has 2 amide bonds. The molecule has 4 aliphatic carbocycles. The summed E-state index contributed by atoms with van der Waals surface area (Å²) in [5, 5.41) is 0. The van der Waals surface area contributed by atoms with Crippen molar-refractivity contribution in [1.29, 1.82) is 0 Å². The number of nitrogens with zero attached hydrogens (tertiary/aromatic N) is 5. The van der Waals surface area contributed by atoms with Gasteiger partial charge in [0.05, 0.1) is 0 Å². The average molecular weight is 492 g/mol. The summed E-state index contributed by atoms with van der Waals surface area (Å²) in [4.78, 5) is 45.6. The Bertz CT molecular complexity index is 896. The molecule has 8 atom stereocenters. The monoisotopic (exact) mass is 491 g/mol. The minimum atomic E-state index is -0.0646. The van der Waals surface area contributed by atoms with Gasteiger partial charge in [0.1, 0.15) is 6.33 Å². The average Bonchev–Trinajstić information content (AvgIpc) is 3.46. The fourth-order valence-electron chi connectivity index (χ4n) is 9.77. The molecule has 1 aromatic heterocycles. The Kier molecular flexibility index (Phi) is 6.00. The first-order valence-electron chi connectivity index (χ1n) is 15.1. The molecule has 2 aliphatic heterocycles. The van der Waals surface area contributed by atoms with E-state index in [4.69, 9.17) is 0 Å². The maximum absolute atomic E-state index is 14.0. The van der Waals surface area contributed by atoms with Crippen LogP contribution in [-0.4, -0.2) is 60.7 Å². The van der Waals surface area contributed by atoms with Gasteiger partial charge in [0, 0.05) is 24.2 Å². The van der Waals surface area contributed by atoms with Crippen molar-refractivity contribution < 1.29 is 9.59 Å². The van der Waals surface area contributed by atoms with Crippen LogP contribution in [0.5, 0.6) is 0 Å². The number of fused-ring (bicyclic) bond motifs is 6. The summed E-state index contributed by atoms with van der Waals surface area (Å²) in [6.07, 6.45) is 20.7. The van der Waals surface area contributed by atoms with Gasteiger partial charge in [0.25, 0.3) is 11.8 Å². The predicted molar refractivity (Wildman–Crippen MR) is 135 cm³/mol. The van der Waals surface area contributed by atoms with Crippen molar-refractivity contribution >= 4 is 11.8 Å². The number of carbonyl (C=O) groups is 2. The molecule has 0 N–H and O–H groups in total. The Morgan fingerprint density at radius 1 is 0.528 bits per heavy atom. The van der Waals surface area contributed by atoms with E-state index in [0.29, 0.717) is 47.8 Å². The molecule has 6 aliphatic rings. The number of aromatic nitrogens is 3. The molecule has 2 saturated heterocycles. The molecule has 1 aromatic rings. The molecule has 0 bridgehead atoms. The van der Waals surface area contributed by atoms with Gasteiger partial charge in [-0.1, -0.05) is 51.4 Å². The smallest absolute Gasteiger partial charge is 0.292 e. The van der Waals surface area contributed by atoms with Gasteiger partial charge in [0.2, 0.25) is 11.6 Å². The molecule has 0 radical (unpaired) electrons. The van der Waals surface area contributed by atoms with Crippen molar-refractivity contribution in [2.45, 2.75) is 127 Å². The number of rotatable bonds is 2. The van der Waals surface area contributed by atoms with Crippen LogP contribution in [0.4, 0.5) is 0 Å². The summed E-state index contributed by atoms with van der Waals surface area (Å²) in [6, 6.07) is 1.28. The first kappa shape index (κ1) is 23.1. The normalized spacial score (nSPS) is 39.7. The second-order valence-electron chi connectivity index (χ2n) is 12.6. The van der Waals surface area contributed by atoms with E-state index >= 15 is 0 Å². The van der Waals surface area contributed by atoms with E-state index in [-0.39, 0.29) is 23.5 Å². The second kappa shape index (κ2) is 9.36. The molecule has 7 rings (SSSR count). The lowest BCUT2D eigenvalue weighted by atomic mass is 9.73. The van der Waals surface area contributed by atoms with Crippen LogP contribution in [0.1, 0.15) is 124 Å². The number of hydrogen-bond donors (Lipinski definition) is 0. The topological polar surface area (TPSA) is 79.3 Å². The first-order chi connectivity index (χ1) is 17.7.